The molecular weight excluding hydrogens is 134 g/mol. The fourth-order valence-electron chi connectivity index (χ4n) is 0.982. The molecule has 0 aromatic heterocycles. The molecular formula is C6H13NOS. The van der Waals surface area contributed by atoms with E-state index in [4.69, 9.17) is 4.74 Å². The third-order valence-corrected chi connectivity index (χ3v) is 1.93. The maximum atomic E-state index is 5.38. The number of hydrogen-bond acceptors (Lipinski definition) is 3. The average molecular weight is 147 g/mol. The Hall–Kier alpha value is 0.270. The summed E-state index contributed by atoms with van der Waals surface area (Å²) < 4.78 is 8.56. The van der Waals surface area contributed by atoms with Crippen LogP contribution in [0.25, 0.3) is 0 Å². The van der Waals surface area contributed by atoms with E-state index in [1.54, 1.807) is 11.9 Å². The first-order valence-electron chi connectivity index (χ1n) is 3.31. The van der Waals surface area contributed by atoms with Crippen LogP contribution in [0.1, 0.15) is 12.8 Å². The second-order valence-electron chi connectivity index (χ2n) is 2.19. The van der Waals surface area contributed by atoms with Gasteiger partial charge in [-0.25, -0.2) is 0 Å². The molecule has 0 aliphatic carbocycles. The van der Waals surface area contributed by atoms with Crippen LogP contribution in [0.4, 0.5) is 0 Å². The Labute approximate surface area is 60.5 Å². The van der Waals surface area contributed by atoms with Crippen molar-refractivity contribution >= 4 is 11.9 Å². The summed E-state index contributed by atoms with van der Waals surface area (Å²) in [6.45, 7) is 1.96. The molecule has 54 valence electrons. The highest BCUT2D eigenvalue weighted by Crippen LogP contribution is 2.10. The van der Waals surface area contributed by atoms with Gasteiger partial charge in [-0.3, -0.25) is 4.72 Å². The summed E-state index contributed by atoms with van der Waals surface area (Å²) in [7, 11) is 0. The lowest BCUT2D eigenvalue weighted by Crippen LogP contribution is -2.20. The zero-order valence-corrected chi connectivity index (χ0v) is 6.54. The van der Waals surface area contributed by atoms with Crippen molar-refractivity contribution in [3.05, 3.63) is 0 Å². The maximum Gasteiger partial charge on any atom is 0.0709 e. The van der Waals surface area contributed by atoms with Crippen LogP contribution in [-0.2, 0) is 4.74 Å². The second-order valence-corrected chi connectivity index (χ2v) is 2.88. The molecule has 0 saturated carbocycles. The lowest BCUT2D eigenvalue weighted by Gasteiger charge is -2.07. The standard InChI is InChI=1S/C6H13NOS/c1-9-7-5-6-3-2-4-8-6/h6-7H,2-5H2,1H3. The Morgan fingerprint density at radius 1 is 1.78 bits per heavy atom. The second kappa shape index (κ2) is 4.14. The van der Waals surface area contributed by atoms with Gasteiger partial charge in [0.05, 0.1) is 6.10 Å². The largest absolute Gasteiger partial charge is 0.377 e. The lowest BCUT2D eigenvalue weighted by atomic mass is 10.2. The molecule has 0 amide bonds. The summed E-state index contributed by atoms with van der Waals surface area (Å²) in [5, 5.41) is 0. The van der Waals surface area contributed by atoms with Crippen LogP contribution in [0.2, 0.25) is 0 Å². The van der Waals surface area contributed by atoms with Crippen LogP contribution in [0.15, 0.2) is 0 Å². The van der Waals surface area contributed by atoms with E-state index in [0.29, 0.717) is 6.10 Å². The van der Waals surface area contributed by atoms with E-state index >= 15 is 0 Å². The van der Waals surface area contributed by atoms with E-state index in [-0.39, 0.29) is 0 Å². The summed E-state index contributed by atoms with van der Waals surface area (Å²) in [6, 6.07) is 0. The molecule has 1 fully saturated rings. The van der Waals surface area contributed by atoms with Gasteiger partial charge in [0.2, 0.25) is 0 Å². The fourth-order valence-corrected chi connectivity index (χ4v) is 1.33. The summed E-state index contributed by atoms with van der Waals surface area (Å²) in [5.74, 6) is 0. The van der Waals surface area contributed by atoms with Crippen LogP contribution in [-0.4, -0.2) is 25.5 Å². The van der Waals surface area contributed by atoms with E-state index in [1.165, 1.54) is 12.8 Å². The lowest BCUT2D eigenvalue weighted by molar-refractivity contribution is 0.115. The number of ether oxygens (including phenoxy) is 1. The summed E-state index contributed by atoms with van der Waals surface area (Å²) in [5.41, 5.74) is 0. The molecule has 1 aliphatic heterocycles. The summed E-state index contributed by atoms with van der Waals surface area (Å²) >= 11 is 1.66. The zero-order chi connectivity index (χ0) is 6.53. The number of rotatable bonds is 3. The van der Waals surface area contributed by atoms with Gasteiger partial charge in [-0.15, -0.1) is 0 Å². The van der Waals surface area contributed by atoms with Crippen molar-refractivity contribution in [2.24, 2.45) is 0 Å². The quantitative estimate of drug-likeness (QED) is 0.602. The first-order valence-corrected chi connectivity index (χ1v) is 4.53. The maximum absolute atomic E-state index is 5.38. The van der Waals surface area contributed by atoms with E-state index in [0.717, 1.165) is 13.2 Å². The molecule has 2 nitrogen and oxygen atoms in total. The summed E-state index contributed by atoms with van der Waals surface area (Å²) in [6.07, 6.45) is 4.99. The monoisotopic (exact) mass is 147 g/mol. The predicted octanol–water partition coefficient (Wildman–Crippen LogP) is 1.03. The third-order valence-electron chi connectivity index (χ3n) is 1.48. The van der Waals surface area contributed by atoms with E-state index in [9.17, 15) is 0 Å². The van der Waals surface area contributed by atoms with Gasteiger partial charge in [0.15, 0.2) is 0 Å². The van der Waals surface area contributed by atoms with Gasteiger partial charge in [-0.1, -0.05) is 11.9 Å². The van der Waals surface area contributed by atoms with Crippen LogP contribution >= 0.6 is 11.9 Å². The molecule has 1 aliphatic rings. The Balaban J connectivity index is 1.98. The molecule has 0 aromatic carbocycles. The van der Waals surface area contributed by atoms with Crippen LogP contribution in [0, 0.1) is 0 Å². The Morgan fingerprint density at radius 3 is 3.22 bits per heavy atom. The Kier molecular flexibility index (Phi) is 3.40. The van der Waals surface area contributed by atoms with E-state index in [2.05, 4.69) is 4.72 Å². The van der Waals surface area contributed by atoms with E-state index in [1.807, 2.05) is 6.26 Å². The van der Waals surface area contributed by atoms with Gasteiger partial charge in [-0.2, -0.15) is 0 Å². The predicted molar refractivity (Wildman–Crippen MR) is 40.5 cm³/mol. The van der Waals surface area contributed by atoms with Crippen molar-refractivity contribution in [1.29, 1.82) is 0 Å². The van der Waals surface area contributed by atoms with Gasteiger partial charge < -0.3 is 4.74 Å². The van der Waals surface area contributed by atoms with Crippen LogP contribution < -0.4 is 4.72 Å². The number of nitrogens with one attached hydrogen (secondary N) is 1. The first kappa shape index (κ1) is 7.38. The third kappa shape index (κ3) is 2.56. The van der Waals surface area contributed by atoms with Gasteiger partial charge in [0.25, 0.3) is 0 Å². The van der Waals surface area contributed by atoms with Crippen LogP contribution in [0.5, 0.6) is 0 Å². The van der Waals surface area contributed by atoms with Gasteiger partial charge >= 0.3 is 0 Å². The van der Waals surface area contributed by atoms with Crippen LogP contribution in [0.3, 0.4) is 0 Å². The highest BCUT2D eigenvalue weighted by Gasteiger charge is 2.13. The minimum absolute atomic E-state index is 0.484. The first-order chi connectivity index (χ1) is 4.43. The van der Waals surface area contributed by atoms with E-state index < -0.39 is 0 Å². The van der Waals surface area contributed by atoms with Crippen molar-refractivity contribution < 1.29 is 4.74 Å². The smallest absolute Gasteiger partial charge is 0.0709 e. The van der Waals surface area contributed by atoms with Crippen molar-refractivity contribution in [2.75, 3.05) is 19.4 Å². The molecule has 0 radical (unpaired) electrons. The molecule has 9 heavy (non-hydrogen) atoms. The van der Waals surface area contributed by atoms with Crippen molar-refractivity contribution in [1.82, 2.24) is 4.72 Å². The minimum Gasteiger partial charge on any atom is -0.377 e. The van der Waals surface area contributed by atoms with Crippen molar-refractivity contribution in [3.63, 3.8) is 0 Å². The minimum atomic E-state index is 0.484. The molecule has 0 spiro atoms. The SMILES string of the molecule is CSNCC1CCCO1. The molecule has 1 atom stereocenters. The van der Waals surface area contributed by atoms with Crippen molar-refractivity contribution in [2.45, 2.75) is 18.9 Å². The van der Waals surface area contributed by atoms with Gasteiger partial charge in [0.1, 0.15) is 0 Å². The highest BCUT2D eigenvalue weighted by atomic mass is 32.2. The molecule has 1 N–H and O–H groups in total. The molecule has 0 bridgehead atoms. The highest BCUT2D eigenvalue weighted by molar-refractivity contribution is 7.96. The van der Waals surface area contributed by atoms with Gasteiger partial charge in [-0.05, 0) is 19.1 Å². The normalized spacial score (nSPS) is 27.0. The Morgan fingerprint density at radius 2 is 2.67 bits per heavy atom. The molecule has 1 rings (SSSR count). The molecule has 0 aromatic rings. The molecule has 1 heterocycles. The van der Waals surface area contributed by atoms with Crippen molar-refractivity contribution in [3.8, 4) is 0 Å². The average Bonchev–Trinajstić information content (AvgIpc) is 2.34. The Bertz CT molecular complexity index is 73.5. The molecule has 1 unspecified atom stereocenters. The number of hydrogen-bond donors (Lipinski definition) is 1. The topological polar surface area (TPSA) is 21.3 Å². The molecule has 3 heteroatoms. The molecule has 1 saturated heterocycles. The van der Waals surface area contributed by atoms with Gasteiger partial charge in [0, 0.05) is 13.2 Å². The zero-order valence-electron chi connectivity index (χ0n) is 5.72. The fraction of sp³-hybridized carbons (Fsp3) is 1.00. The summed E-state index contributed by atoms with van der Waals surface area (Å²) in [4.78, 5) is 0.